The van der Waals surface area contributed by atoms with Gasteiger partial charge >= 0.3 is 5.97 Å². The maximum Gasteiger partial charge on any atom is 0.331 e. The van der Waals surface area contributed by atoms with Crippen LogP contribution >= 0.6 is 0 Å². The second-order valence-corrected chi connectivity index (χ2v) is 7.37. The number of hydrogen-bond donors (Lipinski definition) is 0. The molecule has 3 rings (SSSR count). The van der Waals surface area contributed by atoms with Gasteiger partial charge in [-0.15, -0.1) is 0 Å². The molecule has 0 bridgehead atoms. The van der Waals surface area contributed by atoms with Crippen molar-refractivity contribution < 1.29 is 23.8 Å². The molecule has 6 nitrogen and oxygen atoms in total. The maximum absolute atomic E-state index is 12.6. The molecule has 2 fully saturated rings. The summed E-state index contributed by atoms with van der Waals surface area (Å²) < 4.78 is 15.8. The molecule has 28 heavy (non-hydrogen) atoms. The molecule has 1 aliphatic heterocycles. The summed E-state index contributed by atoms with van der Waals surface area (Å²) in [7, 11) is 3.10. The Kier molecular flexibility index (Phi) is 6.95. The van der Waals surface area contributed by atoms with Crippen LogP contribution in [0.15, 0.2) is 24.3 Å². The first-order valence-corrected chi connectivity index (χ1v) is 9.99. The van der Waals surface area contributed by atoms with Gasteiger partial charge in [-0.3, -0.25) is 4.79 Å². The number of methoxy groups -OCH3 is 2. The minimum absolute atomic E-state index is 0.0858. The number of piperidine rings is 1. The van der Waals surface area contributed by atoms with E-state index >= 15 is 0 Å². The van der Waals surface area contributed by atoms with Gasteiger partial charge in [-0.25, -0.2) is 4.79 Å². The minimum Gasteiger partial charge on any atom is -0.493 e. The van der Waals surface area contributed by atoms with E-state index in [2.05, 4.69) is 0 Å². The fourth-order valence-electron chi connectivity index (χ4n) is 4.40. The monoisotopic (exact) mass is 387 g/mol. The predicted octanol–water partition coefficient (Wildman–Crippen LogP) is 3.44. The summed E-state index contributed by atoms with van der Waals surface area (Å²) in [5.41, 5.74) is 0.700. The van der Waals surface area contributed by atoms with Crippen molar-refractivity contribution in [3.8, 4) is 11.5 Å². The number of benzene rings is 1. The van der Waals surface area contributed by atoms with Crippen LogP contribution in [0.3, 0.4) is 0 Å². The predicted molar refractivity (Wildman–Crippen MR) is 106 cm³/mol. The Balaban J connectivity index is 1.55. The lowest BCUT2D eigenvalue weighted by atomic mass is 9.78. The van der Waals surface area contributed by atoms with Crippen LogP contribution in [0.25, 0.3) is 6.08 Å². The van der Waals surface area contributed by atoms with Crippen LogP contribution < -0.4 is 9.47 Å². The van der Waals surface area contributed by atoms with Crippen LogP contribution in [0, 0.1) is 5.92 Å². The molecule has 0 spiro atoms. The Bertz CT molecular complexity index is 728. The van der Waals surface area contributed by atoms with Crippen molar-refractivity contribution in [3.63, 3.8) is 0 Å². The third kappa shape index (κ3) is 4.66. The molecule has 0 radical (unpaired) electrons. The molecule has 1 aromatic rings. The van der Waals surface area contributed by atoms with Gasteiger partial charge in [0.05, 0.1) is 14.2 Å². The van der Waals surface area contributed by atoms with Gasteiger partial charge in [0.15, 0.2) is 18.1 Å². The molecule has 0 unspecified atom stereocenters. The normalized spacial score (nSPS) is 21.9. The molecule has 152 valence electrons. The van der Waals surface area contributed by atoms with Crippen LogP contribution in [-0.4, -0.2) is 50.2 Å². The van der Waals surface area contributed by atoms with Crippen molar-refractivity contribution in [3.05, 3.63) is 29.8 Å². The van der Waals surface area contributed by atoms with Crippen LogP contribution in [0.4, 0.5) is 0 Å². The summed E-state index contributed by atoms with van der Waals surface area (Å²) in [6.45, 7) is 0.566. The lowest BCUT2D eigenvalue weighted by Crippen LogP contribution is -2.50. The topological polar surface area (TPSA) is 65.1 Å². The highest BCUT2D eigenvalue weighted by molar-refractivity contribution is 5.90. The number of para-hydroxylation sites is 1. The number of carbonyl (C=O) groups is 2. The third-order valence-corrected chi connectivity index (χ3v) is 5.73. The zero-order valence-electron chi connectivity index (χ0n) is 16.7. The largest absolute Gasteiger partial charge is 0.493 e. The van der Waals surface area contributed by atoms with Gasteiger partial charge < -0.3 is 19.1 Å². The molecule has 1 saturated heterocycles. The molecule has 2 atom stereocenters. The highest BCUT2D eigenvalue weighted by Gasteiger charge is 2.35. The van der Waals surface area contributed by atoms with Gasteiger partial charge in [0, 0.05) is 24.2 Å². The second-order valence-electron chi connectivity index (χ2n) is 7.37. The fourth-order valence-corrected chi connectivity index (χ4v) is 4.40. The molecule has 2 aliphatic rings. The average molecular weight is 387 g/mol. The Labute approximate surface area is 166 Å². The SMILES string of the molecule is COc1cccc(/C=C/C(=O)OCC(=O)N2CCC[C@@H]3CCCC[C@@H]32)c1OC. The molecule has 1 amide bonds. The number of carbonyl (C=O) groups excluding carboxylic acids is 2. The van der Waals surface area contributed by atoms with E-state index in [1.807, 2.05) is 17.0 Å². The lowest BCUT2D eigenvalue weighted by molar-refractivity contribution is -0.151. The van der Waals surface area contributed by atoms with E-state index in [9.17, 15) is 9.59 Å². The van der Waals surface area contributed by atoms with E-state index in [0.29, 0.717) is 29.0 Å². The smallest absolute Gasteiger partial charge is 0.331 e. The minimum atomic E-state index is -0.546. The van der Waals surface area contributed by atoms with E-state index in [0.717, 1.165) is 19.4 Å². The molecule has 1 aromatic carbocycles. The Hall–Kier alpha value is -2.50. The summed E-state index contributed by atoms with van der Waals surface area (Å²) in [4.78, 5) is 26.6. The molecule has 1 aliphatic carbocycles. The maximum atomic E-state index is 12.6. The van der Waals surface area contributed by atoms with E-state index in [1.165, 1.54) is 31.8 Å². The van der Waals surface area contributed by atoms with Crippen molar-refractivity contribution in [1.82, 2.24) is 4.90 Å². The average Bonchev–Trinajstić information content (AvgIpc) is 2.75. The van der Waals surface area contributed by atoms with Gasteiger partial charge in [-0.2, -0.15) is 0 Å². The van der Waals surface area contributed by atoms with Crippen LogP contribution in [0.2, 0.25) is 0 Å². The molecular weight excluding hydrogens is 358 g/mol. The number of rotatable bonds is 6. The molecular formula is C22H29NO5. The zero-order valence-corrected chi connectivity index (χ0v) is 16.7. The number of fused-ring (bicyclic) bond motifs is 1. The summed E-state index contributed by atoms with van der Waals surface area (Å²) in [6, 6.07) is 5.73. The summed E-state index contributed by atoms with van der Waals surface area (Å²) in [5, 5.41) is 0. The van der Waals surface area contributed by atoms with Crippen LogP contribution in [0.5, 0.6) is 11.5 Å². The quantitative estimate of drug-likeness (QED) is 0.553. The number of amides is 1. The van der Waals surface area contributed by atoms with Crippen LogP contribution in [0.1, 0.15) is 44.1 Å². The highest BCUT2D eigenvalue weighted by Crippen LogP contribution is 2.35. The van der Waals surface area contributed by atoms with Gasteiger partial charge in [0.2, 0.25) is 0 Å². The van der Waals surface area contributed by atoms with Gasteiger partial charge in [0.1, 0.15) is 0 Å². The van der Waals surface area contributed by atoms with E-state index in [1.54, 1.807) is 26.4 Å². The highest BCUT2D eigenvalue weighted by atomic mass is 16.5. The fraction of sp³-hybridized carbons (Fsp3) is 0.545. The first kappa shape index (κ1) is 20.2. The first-order chi connectivity index (χ1) is 13.6. The molecule has 1 saturated carbocycles. The van der Waals surface area contributed by atoms with E-state index in [4.69, 9.17) is 14.2 Å². The van der Waals surface area contributed by atoms with Crippen molar-refractivity contribution in [2.45, 2.75) is 44.6 Å². The number of hydrogen-bond acceptors (Lipinski definition) is 5. The summed E-state index contributed by atoms with van der Waals surface area (Å²) in [6.07, 6.45) is 9.87. The number of likely N-dealkylation sites (tertiary alicyclic amines) is 1. The summed E-state index contributed by atoms with van der Waals surface area (Å²) in [5.74, 6) is 1.11. The van der Waals surface area contributed by atoms with Gasteiger partial charge in [0.25, 0.3) is 5.91 Å². The van der Waals surface area contributed by atoms with Crippen molar-refractivity contribution in [2.75, 3.05) is 27.4 Å². The van der Waals surface area contributed by atoms with Crippen molar-refractivity contribution in [2.24, 2.45) is 5.92 Å². The second kappa shape index (κ2) is 9.62. The number of ether oxygens (including phenoxy) is 3. The molecule has 0 N–H and O–H groups in total. The first-order valence-electron chi connectivity index (χ1n) is 9.99. The summed E-state index contributed by atoms with van der Waals surface area (Å²) >= 11 is 0. The Morgan fingerprint density at radius 2 is 1.89 bits per heavy atom. The Morgan fingerprint density at radius 3 is 2.68 bits per heavy atom. The standard InChI is InChI=1S/C22H29NO5/c1-26-19-11-5-8-17(22(19)27-2)12-13-21(25)28-15-20(24)23-14-6-9-16-7-3-4-10-18(16)23/h5,8,11-13,16,18H,3-4,6-7,9-10,14-15H2,1-2H3/b13-12+/t16-,18-/m0/s1. The third-order valence-electron chi connectivity index (χ3n) is 5.73. The van der Waals surface area contributed by atoms with Crippen molar-refractivity contribution in [1.29, 1.82) is 0 Å². The van der Waals surface area contributed by atoms with Crippen molar-refractivity contribution >= 4 is 18.0 Å². The van der Waals surface area contributed by atoms with E-state index < -0.39 is 5.97 Å². The Morgan fingerprint density at radius 1 is 1.11 bits per heavy atom. The molecule has 0 aromatic heterocycles. The lowest BCUT2D eigenvalue weighted by Gasteiger charge is -2.44. The number of esters is 1. The van der Waals surface area contributed by atoms with Gasteiger partial charge in [-0.1, -0.05) is 25.0 Å². The van der Waals surface area contributed by atoms with Gasteiger partial charge in [-0.05, 0) is 43.7 Å². The molecule has 1 heterocycles. The molecule has 6 heteroatoms. The van der Waals surface area contributed by atoms with Crippen LogP contribution in [-0.2, 0) is 14.3 Å². The zero-order chi connectivity index (χ0) is 19.9. The number of nitrogens with zero attached hydrogens (tertiary/aromatic N) is 1. The van der Waals surface area contributed by atoms with E-state index in [-0.39, 0.29) is 12.5 Å².